The van der Waals surface area contributed by atoms with Gasteiger partial charge in [0.25, 0.3) is 5.91 Å². The van der Waals surface area contributed by atoms with E-state index in [1.54, 1.807) is 25.2 Å². The van der Waals surface area contributed by atoms with Gasteiger partial charge < -0.3 is 14.5 Å². The summed E-state index contributed by atoms with van der Waals surface area (Å²) in [5.74, 6) is -1.22. The van der Waals surface area contributed by atoms with Crippen molar-refractivity contribution in [2.45, 2.75) is 13.0 Å². The fourth-order valence-electron chi connectivity index (χ4n) is 2.79. The molecular weight excluding hydrogens is 342 g/mol. The van der Waals surface area contributed by atoms with Crippen molar-refractivity contribution < 1.29 is 23.1 Å². The molecule has 2 amide bonds. The third kappa shape index (κ3) is 3.82. The van der Waals surface area contributed by atoms with E-state index in [0.29, 0.717) is 11.4 Å². The summed E-state index contributed by atoms with van der Waals surface area (Å²) in [4.78, 5) is 27.3. The number of hydrogen-bond donors (Lipinski definition) is 0. The maximum Gasteiger partial charge on any atom is 0.265 e. The number of nitrogens with zero attached hydrogens (tertiary/aromatic N) is 2. The lowest BCUT2D eigenvalue weighted by molar-refractivity contribution is -0.130. The van der Waals surface area contributed by atoms with Crippen molar-refractivity contribution in [1.82, 2.24) is 4.90 Å². The first-order valence-corrected chi connectivity index (χ1v) is 8.16. The number of hydrogen-bond acceptors (Lipinski definition) is 3. The molecule has 1 aliphatic rings. The lowest BCUT2D eigenvalue weighted by atomic mass is 10.2. The summed E-state index contributed by atoms with van der Waals surface area (Å²) >= 11 is 0. The van der Waals surface area contributed by atoms with Crippen LogP contribution in [-0.4, -0.2) is 36.9 Å². The molecule has 7 heteroatoms. The van der Waals surface area contributed by atoms with E-state index in [0.717, 1.165) is 12.1 Å². The number of anilines is 1. The Labute approximate surface area is 149 Å². The fourth-order valence-corrected chi connectivity index (χ4v) is 2.79. The highest BCUT2D eigenvalue weighted by Gasteiger charge is 2.26. The van der Waals surface area contributed by atoms with Crippen molar-refractivity contribution in [2.24, 2.45) is 0 Å². The van der Waals surface area contributed by atoms with Gasteiger partial charge in [0.15, 0.2) is 6.61 Å². The average molecular weight is 360 g/mol. The number of benzene rings is 2. The topological polar surface area (TPSA) is 49.9 Å². The number of carbonyl (C=O) groups is 2. The first-order chi connectivity index (χ1) is 12.5. The maximum absolute atomic E-state index is 13.7. The quantitative estimate of drug-likeness (QED) is 0.824. The van der Waals surface area contributed by atoms with Crippen molar-refractivity contribution in [3.63, 3.8) is 0 Å². The highest BCUT2D eigenvalue weighted by molar-refractivity contribution is 5.98. The molecular formula is C19H18F2N2O3. The smallest absolute Gasteiger partial charge is 0.265 e. The number of rotatable bonds is 5. The summed E-state index contributed by atoms with van der Waals surface area (Å²) in [6, 6.07) is 10.4. The zero-order valence-corrected chi connectivity index (χ0v) is 14.2. The second kappa shape index (κ2) is 7.51. The van der Waals surface area contributed by atoms with Gasteiger partial charge in [-0.15, -0.1) is 0 Å². The Hall–Kier alpha value is -2.96. The van der Waals surface area contributed by atoms with E-state index in [4.69, 9.17) is 4.74 Å². The highest BCUT2D eigenvalue weighted by atomic mass is 19.1. The third-order valence-electron chi connectivity index (χ3n) is 4.21. The van der Waals surface area contributed by atoms with Crippen LogP contribution in [0.25, 0.3) is 0 Å². The standard InChI is InChI=1S/C19H18F2N2O3/c1-22(11-13-6-7-14(20)10-15(13)21)18(24)8-9-23-16-4-2-3-5-17(16)26-12-19(23)25/h2-7,10H,8-9,11-12H2,1H3. The molecule has 0 spiro atoms. The lowest BCUT2D eigenvalue weighted by Crippen LogP contribution is -2.41. The second-order valence-corrected chi connectivity index (χ2v) is 6.04. The average Bonchev–Trinajstić information content (AvgIpc) is 2.63. The van der Waals surface area contributed by atoms with Crippen LogP contribution in [0.2, 0.25) is 0 Å². The summed E-state index contributed by atoms with van der Waals surface area (Å²) in [5.41, 5.74) is 0.860. The van der Waals surface area contributed by atoms with Crippen LogP contribution < -0.4 is 9.64 Å². The zero-order chi connectivity index (χ0) is 18.7. The summed E-state index contributed by atoms with van der Waals surface area (Å²) in [7, 11) is 1.54. The van der Waals surface area contributed by atoms with E-state index in [1.165, 1.54) is 15.9 Å². The van der Waals surface area contributed by atoms with Crippen molar-refractivity contribution in [1.29, 1.82) is 0 Å². The molecule has 3 rings (SSSR count). The van der Waals surface area contributed by atoms with Crippen LogP contribution in [0.3, 0.4) is 0 Å². The Morgan fingerprint density at radius 1 is 1.23 bits per heavy atom. The first-order valence-electron chi connectivity index (χ1n) is 8.16. The molecule has 0 fully saturated rings. The SMILES string of the molecule is CN(Cc1ccc(F)cc1F)C(=O)CCN1C(=O)COc2ccccc21. The van der Waals surface area contributed by atoms with Crippen LogP contribution in [0.15, 0.2) is 42.5 Å². The van der Waals surface area contributed by atoms with Gasteiger partial charge in [0.05, 0.1) is 5.69 Å². The molecule has 0 saturated heterocycles. The Bertz CT molecular complexity index is 841. The Morgan fingerprint density at radius 2 is 2.00 bits per heavy atom. The molecule has 136 valence electrons. The van der Waals surface area contributed by atoms with Gasteiger partial charge in [-0.1, -0.05) is 18.2 Å². The molecule has 1 heterocycles. The Balaban J connectivity index is 1.62. The minimum absolute atomic E-state index is 0.0264. The maximum atomic E-state index is 13.7. The minimum Gasteiger partial charge on any atom is -0.482 e. The largest absolute Gasteiger partial charge is 0.482 e. The highest BCUT2D eigenvalue weighted by Crippen LogP contribution is 2.31. The van der Waals surface area contributed by atoms with Crippen LogP contribution in [0.4, 0.5) is 14.5 Å². The van der Waals surface area contributed by atoms with Gasteiger partial charge >= 0.3 is 0 Å². The van der Waals surface area contributed by atoms with Crippen LogP contribution in [0.1, 0.15) is 12.0 Å². The molecule has 26 heavy (non-hydrogen) atoms. The number of ether oxygens (including phenoxy) is 1. The van der Waals surface area contributed by atoms with E-state index in [9.17, 15) is 18.4 Å². The predicted molar refractivity (Wildman–Crippen MR) is 91.7 cm³/mol. The van der Waals surface area contributed by atoms with Gasteiger partial charge in [0.1, 0.15) is 17.4 Å². The molecule has 0 radical (unpaired) electrons. The molecule has 0 saturated carbocycles. The van der Waals surface area contributed by atoms with Gasteiger partial charge in [0.2, 0.25) is 5.91 Å². The van der Waals surface area contributed by atoms with Crippen molar-refractivity contribution >= 4 is 17.5 Å². The molecule has 0 unspecified atom stereocenters. The van der Waals surface area contributed by atoms with E-state index >= 15 is 0 Å². The number of halogens is 2. The second-order valence-electron chi connectivity index (χ2n) is 6.04. The van der Waals surface area contributed by atoms with E-state index < -0.39 is 11.6 Å². The number of fused-ring (bicyclic) bond motifs is 1. The third-order valence-corrected chi connectivity index (χ3v) is 4.21. The van der Waals surface area contributed by atoms with Gasteiger partial charge in [-0.25, -0.2) is 8.78 Å². The van der Waals surface area contributed by atoms with Gasteiger partial charge in [-0.3, -0.25) is 9.59 Å². The van der Waals surface area contributed by atoms with Crippen molar-refractivity contribution in [2.75, 3.05) is 25.1 Å². The summed E-state index contributed by atoms with van der Waals surface area (Å²) in [6.07, 6.45) is 0.0827. The molecule has 2 aromatic carbocycles. The van der Waals surface area contributed by atoms with Crippen molar-refractivity contribution in [3.8, 4) is 5.75 Å². The fraction of sp³-hybridized carbons (Fsp3) is 0.263. The number of amides is 2. The van der Waals surface area contributed by atoms with E-state index in [2.05, 4.69) is 0 Å². The summed E-state index contributed by atoms with van der Waals surface area (Å²) < 4.78 is 32.0. The molecule has 0 aliphatic carbocycles. The molecule has 0 aromatic heterocycles. The summed E-state index contributed by atoms with van der Waals surface area (Å²) in [5, 5.41) is 0. The Morgan fingerprint density at radius 3 is 2.77 bits per heavy atom. The number of carbonyl (C=O) groups excluding carboxylic acids is 2. The molecule has 0 N–H and O–H groups in total. The molecule has 5 nitrogen and oxygen atoms in total. The van der Waals surface area contributed by atoms with E-state index in [1.807, 2.05) is 6.07 Å². The van der Waals surface area contributed by atoms with Crippen LogP contribution in [0, 0.1) is 11.6 Å². The van der Waals surface area contributed by atoms with Gasteiger partial charge in [-0.05, 0) is 18.2 Å². The zero-order valence-electron chi connectivity index (χ0n) is 14.2. The van der Waals surface area contributed by atoms with E-state index in [-0.39, 0.29) is 43.5 Å². The Kier molecular flexibility index (Phi) is 5.16. The molecule has 0 atom stereocenters. The molecule has 1 aliphatic heterocycles. The number of para-hydroxylation sites is 2. The van der Waals surface area contributed by atoms with Crippen LogP contribution >= 0.6 is 0 Å². The van der Waals surface area contributed by atoms with Gasteiger partial charge in [-0.2, -0.15) is 0 Å². The minimum atomic E-state index is -0.693. The van der Waals surface area contributed by atoms with Crippen LogP contribution in [0.5, 0.6) is 5.75 Å². The predicted octanol–water partition coefficient (Wildman–Crippen LogP) is 2.74. The summed E-state index contributed by atoms with van der Waals surface area (Å²) in [6.45, 7) is 0.161. The first kappa shape index (κ1) is 17.8. The normalized spacial score (nSPS) is 13.2. The monoisotopic (exact) mass is 360 g/mol. The van der Waals surface area contributed by atoms with Gasteiger partial charge in [0, 0.05) is 38.2 Å². The molecule has 0 bridgehead atoms. The van der Waals surface area contributed by atoms with Crippen LogP contribution in [-0.2, 0) is 16.1 Å². The molecule has 2 aromatic rings. The lowest BCUT2D eigenvalue weighted by Gasteiger charge is -2.29. The van der Waals surface area contributed by atoms with Crippen molar-refractivity contribution in [3.05, 3.63) is 59.7 Å².